The second-order valence-electron chi connectivity index (χ2n) is 4.07. The van der Waals surface area contributed by atoms with Crippen molar-refractivity contribution in [3.05, 3.63) is 11.8 Å². The molecule has 1 aliphatic rings. The van der Waals surface area contributed by atoms with Gasteiger partial charge in [-0.3, -0.25) is 0 Å². The highest BCUT2D eigenvalue weighted by molar-refractivity contribution is 5.67. The molecule has 2 heterocycles. The molecule has 1 aromatic heterocycles. The molecule has 0 bridgehead atoms. The Labute approximate surface area is 97.7 Å². The van der Waals surface area contributed by atoms with E-state index in [4.69, 9.17) is 19.0 Å². The van der Waals surface area contributed by atoms with E-state index in [9.17, 15) is 4.79 Å². The van der Waals surface area contributed by atoms with E-state index in [2.05, 4.69) is 10.2 Å². The lowest BCUT2D eigenvalue weighted by Gasteiger charge is -2.17. The first-order valence-corrected chi connectivity index (χ1v) is 5.36. The van der Waals surface area contributed by atoms with Crippen molar-refractivity contribution in [2.75, 3.05) is 13.2 Å². The van der Waals surface area contributed by atoms with E-state index in [0.29, 0.717) is 12.5 Å². The minimum Gasteiger partial charge on any atom is -0.480 e. The van der Waals surface area contributed by atoms with Gasteiger partial charge < -0.3 is 19.0 Å². The molecule has 0 aromatic carbocycles. The van der Waals surface area contributed by atoms with Crippen molar-refractivity contribution in [2.45, 2.75) is 32.0 Å². The average molecular weight is 242 g/mol. The standard InChI is InChI=1S/C10H14N2O5/c1-10(3-2-4-16-10)9-12-11-7(17-9)5-15-6-8(13)14/h2-6H2,1H3,(H,13,14). The van der Waals surface area contributed by atoms with Crippen LogP contribution in [0.2, 0.25) is 0 Å². The third kappa shape index (κ3) is 2.80. The van der Waals surface area contributed by atoms with E-state index >= 15 is 0 Å². The predicted octanol–water partition coefficient (Wildman–Crippen LogP) is 0.696. The summed E-state index contributed by atoms with van der Waals surface area (Å²) >= 11 is 0. The minimum absolute atomic E-state index is 0.00458. The molecule has 17 heavy (non-hydrogen) atoms. The summed E-state index contributed by atoms with van der Waals surface area (Å²) in [6.45, 7) is 2.19. The summed E-state index contributed by atoms with van der Waals surface area (Å²) in [5.74, 6) is -0.349. The third-order valence-electron chi connectivity index (χ3n) is 2.59. The van der Waals surface area contributed by atoms with Crippen LogP contribution in [0.25, 0.3) is 0 Å². The van der Waals surface area contributed by atoms with Gasteiger partial charge in [-0.15, -0.1) is 10.2 Å². The zero-order valence-corrected chi connectivity index (χ0v) is 9.51. The van der Waals surface area contributed by atoms with E-state index in [0.717, 1.165) is 12.8 Å². The van der Waals surface area contributed by atoms with Gasteiger partial charge in [0.05, 0.1) is 0 Å². The molecule has 1 fully saturated rings. The second-order valence-corrected chi connectivity index (χ2v) is 4.07. The lowest BCUT2D eigenvalue weighted by molar-refractivity contribution is -0.142. The van der Waals surface area contributed by atoms with E-state index < -0.39 is 11.6 Å². The normalized spacial score (nSPS) is 24.1. The molecule has 0 aliphatic carbocycles. The van der Waals surface area contributed by atoms with Crippen molar-refractivity contribution in [1.82, 2.24) is 10.2 Å². The Morgan fingerprint density at radius 3 is 3.06 bits per heavy atom. The molecular formula is C10H14N2O5. The first-order chi connectivity index (χ1) is 8.10. The number of aromatic nitrogens is 2. The van der Waals surface area contributed by atoms with Crippen LogP contribution in [-0.4, -0.2) is 34.5 Å². The van der Waals surface area contributed by atoms with Crippen LogP contribution in [0.1, 0.15) is 31.5 Å². The monoisotopic (exact) mass is 242 g/mol. The summed E-state index contributed by atoms with van der Waals surface area (Å²) in [7, 11) is 0. The van der Waals surface area contributed by atoms with Gasteiger partial charge in [0.1, 0.15) is 18.8 Å². The fourth-order valence-corrected chi connectivity index (χ4v) is 1.70. The van der Waals surface area contributed by atoms with Crippen molar-refractivity contribution in [1.29, 1.82) is 0 Å². The van der Waals surface area contributed by atoms with Crippen LogP contribution in [0.5, 0.6) is 0 Å². The van der Waals surface area contributed by atoms with E-state index in [1.807, 2.05) is 6.92 Å². The molecule has 0 amide bonds. The molecule has 7 heteroatoms. The van der Waals surface area contributed by atoms with Crippen molar-refractivity contribution < 1.29 is 23.8 Å². The Balaban J connectivity index is 1.93. The SMILES string of the molecule is CC1(c2nnc(COCC(=O)O)o2)CCCO1. The van der Waals surface area contributed by atoms with Gasteiger partial charge >= 0.3 is 5.97 Å². The third-order valence-corrected chi connectivity index (χ3v) is 2.59. The fraction of sp³-hybridized carbons (Fsp3) is 0.700. The van der Waals surface area contributed by atoms with Gasteiger partial charge in [0.25, 0.3) is 0 Å². The lowest BCUT2D eigenvalue weighted by atomic mass is 10.0. The Morgan fingerprint density at radius 2 is 2.41 bits per heavy atom. The second kappa shape index (κ2) is 4.80. The van der Waals surface area contributed by atoms with Gasteiger partial charge in [-0.25, -0.2) is 4.79 Å². The maximum atomic E-state index is 10.2. The molecule has 1 aromatic rings. The number of carboxylic acids is 1. The predicted molar refractivity (Wildman–Crippen MR) is 54.1 cm³/mol. The van der Waals surface area contributed by atoms with Gasteiger partial charge in [0.15, 0.2) is 0 Å². The minimum atomic E-state index is -1.03. The summed E-state index contributed by atoms with van der Waals surface area (Å²) in [6, 6.07) is 0. The highest BCUT2D eigenvalue weighted by Gasteiger charge is 2.37. The summed E-state index contributed by atoms with van der Waals surface area (Å²) in [4.78, 5) is 10.2. The van der Waals surface area contributed by atoms with E-state index in [-0.39, 0.29) is 19.1 Å². The van der Waals surface area contributed by atoms with Crippen LogP contribution in [0.3, 0.4) is 0 Å². The number of aliphatic carboxylic acids is 1. The molecular weight excluding hydrogens is 228 g/mol. The van der Waals surface area contributed by atoms with Crippen molar-refractivity contribution in [3.8, 4) is 0 Å². The van der Waals surface area contributed by atoms with Crippen molar-refractivity contribution >= 4 is 5.97 Å². The lowest BCUT2D eigenvalue weighted by Crippen LogP contribution is -2.20. The molecule has 0 saturated carbocycles. The van der Waals surface area contributed by atoms with Crippen molar-refractivity contribution in [3.63, 3.8) is 0 Å². The summed E-state index contributed by atoms with van der Waals surface area (Å²) in [6.07, 6.45) is 1.80. The number of hydrogen-bond donors (Lipinski definition) is 1. The maximum Gasteiger partial charge on any atom is 0.329 e. The molecule has 2 rings (SSSR count). The van der Waals surface area contributed by atoms with Gasteiger partial charge in [0.2, 0.25) is 11.8 Å². The maximum absolute atomic E-state index is 10.2. The number of nitrogens with zero attached hydrogens (tertiary/aromatic N) is 2. The highest BCUT2D eigenvalue weighted by atomic mass is 16.5. The largest absolute Gasteiger partial charge is 0.480 e. The van der Waals surface area contributed by atoms with Crippen LogP contribution in [0.15, 0.2) is 4.42 Å². The number of ether oxygens (including phenoxy) is 2. The summed E-state index contributed by atoms with van der Waals surface area (Å²) < 4.78 is 15.8. The number of carbonyl (C=O) groups is 1. The number of carboxylic acid groups (broad SMARTS) is 1. The van der Waals surface area contributed by atoms with Gasteiger partial charge in [-0.1, -0.05) is 0 Å². The van der Waals surface area contributed by atoms with Crippen LogP contribution >= 0.6 is 0 Å². The van der Waals surface area contributed by atoms with Crippen LogP contribution in [0, 0.1) is 0 Å². The molecule has 7 nitrogen and oxygen atoms in total. The highest BCUT2D eigenvalue weighted by Crippen LogP contribution is 2.34. The topological polar surface area (TPSA) is 94.7 Å². The van der Waals surface area contributed by atoms with Gasteiger partial charge in [-0.05, 0) is 19.8 Å². The Kier molecular flexibility index (Phi) is 3.39. The average Bonchev–Trinajstić information content (AvgIpc) is 2.87. The molecule has 0 spiro atoms. The first kappa shape index (κ1) is 12.0. The molecule has 1 aliphatic heterocycles. The molecule has 1 saturated heterocycles. The molecule has 1 unspecified atom stereocenters. The smallest absolute Gasteiger partial charge is 0.329 e. The molecule has 1 N–H and O–H groups in total. The quantitative estimate of drug-likeness (QED) is 0.811. The van der Waals surface area contributed by atoms with Crippen LogP contribution in [0.4, 0.5) is 0 Å². The van der Waals surface area contributed by atoms with E-state index in [1.54, 1.807) is 0 Å². The number of rotatable bonds is 5. The Bertz CT molecular complexity index is 397. The first-order valence-electron chi connectivity index (χ1n) is 5.36. The van der Waals surface area contributed by atoms with E-state index in [1.165, 1.54) is 0 Å². The number of hydrogen-bond acceptors (Lipinski definition) is 6. The zero-order valence-electron chi connectivity index (χ0n) is 9.51. The van der Waals surface area contributed by atoms with Gasteiger partial charge in [-0.2, -0.15) is 0 Å². The summed E-state index contributed by atoms with van der Waals surface area (Å²) in [5, 5.41) is 16.1. The Hall–Kier alpha value is -1.47. The Morgan fingerprint density at radius 1 is 1.59 bits per heavy atom. The van der Waals surface area contributed by atoms with Crippen LogP contribution < -0.4 is 0 Å². The molecule has 1 atom stereocenters. The van der Waals surface area contributed by atoms with Gasteiger partial charge in [0, 0.05) is 6.61 Å². The summed E-state index contributed by atoms with van der Waals surface area (Å²) in [5.41, 5.74) is -0.516. The van der Waals surface area contributed by atoms with Crippen molar-refractivity contribution in [2.24, 2.45) is 0 Å². The zero-order chi connectivity index (χ0) is 12.3. The molecule has 94 valence electrons. The fourth-order valence-electron chi connectivity index (χ4n) is 1.70. The van der Waals surface area contributed by atoms with Crippen LogP contribution in [-0.2, 0) is 26.5 Å². The molecule has 0 radical (unpaired) electrons.